The van der Waals surface area contributed by atoms with Crippen molar-refractivity contribution in [2.24, 2.45) is 4.99 Å². The predicted molar refractivity (Wildman–Crippen MR) is 95.0 cm³/mol. The van der Waals surface area contributed by atoms with Gasteiger partial charge in [0.2, 0.25) is 0 Å². The summed E-state index contributed by atoms with van der Waals surface area (Å²) in [7, 11) is 1.76. The summed E-state index contributed by atoms with van der Waals surface area (Å²) >= 11 is 0. The lowest BCUT2D eigenvalue weighted by atomic mass is 10.3. The summed E-state index contributed by atoms with van der Waals surface area (Å²) < 4.78 is 7.30. The van der Waals surface area contributed by atoms with Crippen LogP contribution in [0.2, 0.25) is 0 Å². The number of rotatable bonds is 9. The summed E-state index contributed by atoms with van der Waals surface area (Å²) in [5.74, 6) is 1.69. The summed E-state index contributed by atoms with van der Waals surface area (Å²) in [4.78, 5) is 4.18. The van der Waals surface area contributed by atoms with Crippen molar-refractivity contribution in [1.82, 2.24) is 25.4 Å². The summed E-state index contributed by atoms with van der Waals surface area (Å²) in [5.41, 5.74) is 0. The van der Waals surface area contributed by atoms with E-state index in [1.54, 1.807) is 13.4 Å². The first-order valence-corrected chi connectivity index (χ1v) is 7.20. The van der Waals surface area contributed by atoms with Gasteiger partial charge in [-0.1, -0.05) is 0 Å². The predicted octanol–water partition coefficient (Wildman–Crippen LogP) is 1.40. The van der Waals surface area contributed by atoms with Crippen LogP contribution in [0.4, 0.5) is 0 Å². The van der Waals surface area contributed by atoms with E-state index in [1.165, 1.54) is 0 Å². The van der Waals surface area contributed by atoms with Crippen molar-refractivity contribution in [2.75, 3.05) is 26.8 Å². The van der Waals surface area contributed by atoms with E-state index in [1.807, 2.05) is 11.5 Å². The minimum Gasteiger partial charge on any atom is -0.382 e. The van der Waals surface area contributed by atoms with Crippen LogP contribution in [-0.2, 0) is 17.8 Å². The van der Waals surface area contributed by atoms with Crippen molar-refractivity contribution in [2.45, 2.75) is 39.8 Å². The molecule has 0 aromatic carbocycles. The zero-order chi connectivity index (χ0) is 14.6. The first-order chi connectivity index (χ1) is 9.81. The van der Waals surface area contributed by atoms with E-state index in [0.29, 0.717) is 6.54 Å². The molecule has 8 heteroatoms. The SMILES string of the molecule is CCOCCCCNC(=NC)NCc1nncn1CC.I. The van der Waals surface area contributed by atoms with Crippen molar-refractivity contribution in [1.29, 1.82) is 0 Å². The maximum absolute atomic E-state index is 5.30. The summed E-state index contributed by atoms with van der Waals surface area (Å²) in [5, 5.41) is 14.5. The van der Waals surface area contributed by atoms with E-state index in [2.05, 4.69) is 32.7 Å². The molecule has 2 N–H and O–H groups in total. The van der Waals surface area contributed by atoms with Gasteiger partial charge in [-0.25, -0.2) is 0 Å². The van der Waals surface area contributed by atoms with Gasteiger partial charge in [-0.3, -0.25) is 4.99 Å². The first kappa shape index (κ1) is 20.1. The van der Waals surface area contributed by atoms with Crippen molar-refractivity contribution in [3.05, 3.63) is 12.2 Å². The molecule has 1 aromatic rings. The molecule has 0 amide bonds. The molecule has 122 valence electrons. The molecule has 0 saturated carbocycles. The Bertz CT molecular complexity index is 396. The number of hydrogen-bond acceptors (Lipinski definition) is 4. The van der Waals surface area contributed by atoms with Crippen LogP contribution >= 0.6 is 24.0 Å². The highest BCUT2D eigenvalue weighted by Crippen LogP contribution is 1.94. The standard InChI is InChI=1S/C13H26N6O.HI/c1-4-19-11-17-18-12(19)10-16-13(14-3)15-8-6-7-9-20-5-2;/h11H,4-10H2,1-3H3,(H2,14,15,16);1H. The summed E-state index contributed by atoms with van der Waals surface area (Å²) in [6.07, 6.45) is 3.86. The highest BCUT2D eigenvalue weighted by Gasteiger charge is 2.03. The topological polar surface area (TPSA) is 76.4 Å². The van der Waals surface area contributed by atoms with Gasteiger partial charge in [0.1, 0.15) is 6.33 Å². The molecule has 0 spiro atoms. The number of nitrogens with one attached hydrogen (secondary N) is 2. The molecule has 0 fully saturated rings. The Morgan fingerprint density at radius 2 is 2.14 bits per heavy atom. The Hall–Kier alpha value is -0.900. The van der Waals surface area contributed by atoms with Gasteiger partial charge in [0.15, 0.2) is 11.8 Å². The molecule has 1 aromatic heterocycles. The van der Waals surface area contributed by atoms with Crippen molar-refractivity contribution < 1.29 is 4.74 Å². The van der Waals surface area contributed by atoms with Crippen molar-refractivity contribution >= 4 is 29.9 Å². The van der Waals surface area contributed by atoms with Crippen LogP contribution in [0.3, 0.4) is 0 Å². The van der Waals surface area contributed by atoms with Gasteiger partial charge in [-0.05, 0) is 26.7 Å². The average Bonchev–Trinajstić information content (AvgIpc) is 2.93. The van der Waals surface area contributed by atoms with E-state index >= 15 is 0 Å². The highest BCUT2D eigenvalue weighted by molar-refractivity contribution is 14.0. The first-order valence-electron chi connectivity index (χ1n) is 7.20. The maximum atomic E-state index is 5.30. The molecular formula is C13H27IN6O. The van der Waals surface area contributed by atoms with Gasteiger partial charge < -0.3 is 19.9 Å². The Kier molecular flexibility index (Phi) is 12.3. The molecule has 0 unspecified atom stereocenters. The molecule has 1 heterocycles. The Morgan fingerprint density at radius 3 is 2.81 bits per heavy atom. The third kappa shape index (κ3) is 8.20. The lowest BCUT2D eigenvalue weighted by molar-refractivity contribution is 0.143. The molecule has 1 rings (SSSR count). The summed E-state index contributed by atoms with van der Waals surface area (Å²) in [6.45, 7) is 8.06. The summed E-state index contributed by atoms with van der Waals surface area (Å²) in [6, 6.07) is 0. The van der Waals surface area contributed by atoms with Gasteiger partial charge in [0.25, 0.3) is 0 Å². The Morgan fingerprint density at radius 1 is 1.33 bits per heavy atom. The van der Waals surface area contributed by atoms with Crippen LogP contribution < -0.4 is 10.6 Å². The third-order valence-corrected chi connectivity index (χ3v) is 2.89. The number of guanidine groups is 1. The Labute approximate surface area is 144 Å². The van der Waals surface area contributed by atoms with E-state index < -0.39 is 0 Å². The van der Waals surface area contributed by atoms with E-state index in [4.69, 9.17) is 4.74 Å². The lowest BCUT2D eigenvalue weighted by Gasteiger charge is -2.11. The Balaban J connectivity index is 0.00000400. The second-order valence-corrected chi connectivity index (χ2v) is 4.29. The number of ether oxygens (including phenoxy) is 1. The fraction of sp³-hybridized carbons (Fsp3) is 0.769. The number of aliphatic imine (C=N–C) groups is 1. The van der Waals surface area contributed by atoms with Crippen molar-refractivity contribution in [3.63, 3.8) is 0 Å². The number of nitrogens with zero attached hydrogens (tertiary/aromatic N) is 4. The fourth-order valence-corrected chi connectivity index (χ4v) is 1.74. The fourth-order valence-electron chi connectivity index (χ4n) is 1.74. The molecule has 21 heavy (non-hydrogen) atoms. The largest absolute Gasteiger partial charge is 0.382 e. The highest BCUT2D eigenvalue weighted by atomic mass is 127. The molecule has 0 aliphatic rings. The second kappa shape index (κ2) is 12.8. The minimum atomic E-state index is 0. The van der Waals surface area contributed by atoms with Gasteiger partial charge >= 0.3 is 0 Å². The number of unbranched alkanes of at least 4 members (excludes halogenated alkanes) is 1. The zero-order valence-electron chi connectivity index (χ0n) is 13.1. The minimum absolute atomic E-state index is 0. The molecule has 7 nitrogen and oxygen atoms in total. The molecule has 0 radical (unpaired) electrons. The number of aryl methyl sites for hydroxylation is 1. The molecular weight excluding hydrogens is 383 g/mol. The van der Waals surface area contributed by atoms with E-state index in [-0.39, 0.29) is 24.0 Å². The zero-order valence-corrected chi connectivity index (χ0v) is 15.5. The van der Waals surface area contributed by atoms with Crippen molar-refractivity contribution in [3.8, 4) is 0 Å². The number of halogens is 1. The molecule has 0 bridgehead atoms. The monoisotopic (exact) mass is 410 g/mol. The molecule has 0 saturated heterocycles. The number of hydrogen-bond donors (Lipinski definition) is 2. The molecule has 0 aliphatic carbocycles. The van der Waals surface area contributed by atoms with E-state index in [9.17, 15) is 0 Å². The van der Waals surface area contributed by atoms with Crippen LogP contribution in [0.1, 0.15) is 32.5 Å². The van der Waals surface area contributed by atoms with Gasteiger partial charge in [0, 0.05) is 33.4 Å². The third-order valence-electron chi connectivity index (χ3n) is 2.89. The van der Waals surface area contributed by atoms with Gasteiger partial charge in [0.05, 0.1) is 6.54 Å². The van der Waals surface area contributed by atoms with Crippen LogP contribution in [-0.4, -0.2) is 47.5 Å². The molecule has 0 aliphatic heterocycles. The maximum Gasteiger partial charge on any atom is 0.191 e. The second-order valence-electron chi connectivity index (χ2n) is 4.29. The van der Waals surface area contributed by atoms with Gasteiger partial charge in [-0.15, -0.1) is 34.2 Å². The van der Waals surface area contributed by atoms with Gasteiger partial charge in [-0.2, -0.15) is 0 Å². The molecule has 0 atom stereocenters. The van der Waals surface area contributed by atoms with Crippen LogP contribution in [0.15, 0.2) is 11.3 Å². The van der Waals surface area contributed by atoms with Crippen LogP contribution in [0, 0.1) is 0 Å². The lowest BCUT2D eigenvalue weighted by Crippen LogP contribution is -2.37. The van der Waals surface area contributed by atoms with E-state index in [0.717, 1.165) is 50.9 Å². The average molecular weight is 410 g/mol. The quantitative estimate of drug-likeness (QED) is 0.279. The van der Waals surface area contributed by atoms with Crippen LogP contribution in [0.25, 0.3) is 0 Å². The smallest absolute Gasteiger partial charge is 0.191 e. The normalized spacial score (nSPS) is 11.1. The van der Waals surface area contributed by atoms with Crippen LogP contribution in [0.5, 0.6) is 0 Å². The number of aromatic nitrogens is 3.